The van der Waals surface area contributed by atoms with E-state index in [1.807, 2.05) is 24.5 Å². The van der Waals surface area contributed by atoms with Gasteiger partial charge in [-0.15, -0.1) is 11.8 Å². The fraction of sp³-hybridized carbons (Fsp3) is 0.450. The molecule has 0 aliphatic heterocycles. The first-order chi connectivity index (χ1) is 12.7. The number of carbonyl (C=O) groups is 1. The Labute approximate surface area is 163 Å². The quantitative estimate of drug-likeness (QED) is 0.423. The zero-order valence-electron chi connectivity index (χ0n) is 15.1. The summed E-state index contributed by atoms with van der Waals surface area (Å²) in [6, 6.07) is 10.2. The number of nitrogens with two attached hydrogens (primary N) is 1. The Morgan fingerprint density at radius 3 is 2.54 bits per heavy atom. The Kier molecular flexibility index (Phi) is 6.97. The monoisotopic (exact) mass is 387 g/mol. The van der Waals surface area contributed by atoms with Gasteiger partial charge in [0.1, 0.15) is 5.03 Å². The zero-order chi connectivity index (χ0) is 18.4. The minimum Gasteiger partial charge on any atom is -0.365 e. The topological polar surface area (TPSA) is 68.9 Å². The third kappa shape index (κ3) is 5.01. The van der Waals surface area contributed by atoms with Crippen LogP contribution in [0.25, 0.3) is 0 Å². The molecule has 1 aromatic heterocycles. The van der Waals surface area contributed by atoms with Crippen LogP contribution in [0.1, 0.15) is 53.7 Å². The summed E-state index contributed by atoms with van der Waals surface area (Å²) in [7, 11) is 0. The minimum atomic E-state index is -0.418. The van der Waals surface area contributed by atoms with Gasteiger partial charge < -0.3 is 5.73 Å². The summed E-state index contributed by atoms with van der Waals surface area (Å²) in [5.74, 6) is 0.937. The van der Waals surface area contributed by atoms with E-state index in [2.05, 4.69) is 22.1 Å². The molecule has 0 unspecified atom stereocenters. The van der Waals surface area contributed by atoms with Crippen LogP contribution in [0.2, 0.25) is 0 Å². The summed E-state index contributed by atoms with van der Waals surface area (Å²) in [4.78, 5) is 21.5. The van der Waals surface area contributed by atoms with Crippen molar-refractivity contribution in [3.05, 3.63) is 47.2 Å². The third-order valence-electron chi connectivity index (χ3n) is 4.78. The summed E-state index contributed by atoms with van der Waals surface area (Å²) in [5, 5.41) is 1.43. The molecule has 1 saturated carbocycles. The van der Waals surface area contributed by atoms with Gasteiger partial charge in [0.15, 0.2) is 5.16 Å². The molecule has 1 heterocycles. The summed E-state index contributed by atoms with van der Waals surface area (Å²) < 4.78 is 0. The normalized spacial score (nSPS) is 15.1. The highest BCUT2D eigenvalue weighted by atomic mass is 32.2. The van der Waals surface area contributed by atoms with Gasteiger partial charge in [0.25, 0.3) is 5.91 Å². The van der Waals surface area contributed by atoms with Gasteiger partial charge in [0.05, 0.1) is 11.3 Å². The molecular formula is C20H25N3OS2. The minimum absolute atomic E-state index is 0.418. The molecule has 1 fully saturated rings. The number of benzene rings is 1. The SMILES string of the molecule is CSc1nc(CC2CCCCC2)c(C(N)=O)c(SCc2ccccc2)n1. The van der Waals surface area contributed by atoms with Gasteiger partial charge in [-0.25, -0.2) is 9.97 Å². The number of amides is 1. The number of hydrogen-bond donors (Lipinski definition) is 1. The number of hydrogen-bond acceptors (Lipinski definition) is 5. The van der Waals surface area contributed by atoms with Crippen LogP contribution in [0.4, 0.5) is 0 Å². The van der Waals surface area contributed by atoms with Crippen molar-refractivity contribution in [2.24, 2.45) is 11.7 Å². The summed E-state index contributed by atoms with van der Waals surface area (Å²) in [6.07, 6.45) is 9.08. The fourth-order valence-corrected chi connectivity index (χ4v) is 4.90. The van der Waals surface area contributed by atoms with E-state index < -0.39 is 5.91 Å². The van der Waals surface area contributed by atoms with Gasteiger partial charge in [-0.05, 0) is 24.2 Å². The van der Waals surface area contributed by atoms with Gasteiger partial charge in [0, 0.05) is 5.75 Å². The van der Waals surface area contributed by atoms with E-state index in [1.165, 1.54) is 49.4 Å². The van der Waals surface area contributed by atoms with Gasteiger partial charge in [-0.3, -0.25) is 4.79 Å². The number of thioether (sulfide) groups is 2. The van der Waals surface area contributed by atoms with Gasteiger partial charge >= 0.3 is 0 Å². The fourth-order valence-electron chi connectivity index (χ4n) is 3.44. The molecule has 0 atom stereocenters. The molecule has 0 bridgehead atoms. The van der Waals surface area contributed by atoms with Gasteiger partial charge in [-0.2, -0.15) is 0 Å². The highest BCUT2D eigenvalue weighted by Gasteiger charge is 2.23. The van der Waals surface area contributed by atoms with Crippen LogP contribution in [0, 0.1) is 5.92 Å². The van der Waals surface area contributed by atoms with E-state index in [4.69, 9.17) is 5.73 Å². The van der Waals surface area contributed by atoms with Crippen molar-refractivity contribution in [2.75, 3.05) is 6.26 Å². The average Bonchev–Trinajstić information content (AvgIpc) is 2.67. The van der Waals surface area contributed by atoms with Crippen LogP contribution in [0.3, 0.4) is 0 Å². The molecule has 6 heteroatoms. The van der Waals surface area contributed by atoms with E-state index in [1.54, 1.807) is 11.8 Å². The Balaban J connectivity index is 1.88. The van der Waals surface area contributed by atoms with E-state index in [0.717, 1.165) is 23.0 Å². The number of carbonyl (C=O) groups excluding carboxylic acids is 1. The van der Waals surface area contributed by atoms with E-state index >= 15 is 0 Å². The molecule has 1 aliphatic rings. The van der Waals surface area contributed by atoms with Crippen LogP contribution in [0.5, 0.6) is 0 Å². The predicted molar refractivity (Wildman–Crippen MR) is 109 cm³/mol. The van der Waals surface area contributed by atoms with Crippen LogP contribution < -0.4 is 5.73 Å². The largest absolute Gasteiger partial charge is 0.365 e. The lowest BCUT2D eigenvalue weighted by molar-refractivity contribution is 0.0994. The predicted octanol–water partition coefficient (Wildman–Crippen LogP) is 4.71. The Bertz CT molecular complexity index is 746. The Morgan fingerprint density at radius 1 is 1.15 bits per heavy atom. The summed E-state index contributed by atoms with van der Waals surface area (Å²) in [6.45, 7) is 0. The Morgan fingerprint density at radius 2 is 1.88 bits per heavy atom. The van der Waals surface area contributed by atoms with Gasteiger partial charge in [-0.1, -0.05) is 74.2 Å². The molecule has 26 heavy (non-hydrogen) atoms. The molecule has 1 amide bonds. The lowest BCUT2D eigenvalue weighted by Crippen LogP contribution is -2.20. The molecule has 138 valence electrons. The smallest absolute Gasteiger partial charge is 0.253 e. The first-order valence-corrected chi connectivity index (χ1v) is 11.3. The van der Waals surface area contributed by atoms with E-state index in [9.17, 15) is 4.79 Å². The average molecular weight is 388 g/mol. The van der Waals surface area contributed by atoms with Crippen molar-refractivity contribution in [3.8, 4) is 0 Å². The summed E-state index contributed by atoms with van der Waals surface area (Å²) >= 11 is 3.08. The Hall–Kier alpha value is -1.53. The molecule has 3 rings (SSSR count). The lowest BCUT2D eigenvalue weighted by Gasteiger charge is -2.22. The van der Waals surface area contributed by atoms with E-state index in [-0.39, 0.29) is 0 Å². The van der Waals surface area contributed by atoms with Crippen molar-refractivity contribution < 1.29 is 4.79 Å². The van der Waals surface area contributed by atoms with E-state index in [0.29, 0.717) is 16.5 Å². The van der Waals surface area contributed by atoms with Crippen molar-refractivity contribution >= 4 is 29.4 Å². The molecule has 1 aliphatic carbocycles. The molecule has 2 N–H and O–H groups in total. The van der Waals surface area contributed by atoms with Crippen molar-refractivity contribution in [1.82, 2.24) is 9.97 Å². The van der Waals surface area contributed by atoms with Crippen LogP contribution in [-0.4, -0.2) is 22.1 Å². The number of primary amides is 1. The maximum atomic E-state index is 12.2. The molecule has 2 aromatic rings. The maximum absolute atomic E-state index is 12.2. The van der Waals surface area contributed by atoms with Gasteiger partial charge in [0.2, 0.25) is 0 Å². The molecular weight excluding hydrogens is 362 g/mol. The molecule has 0 spiro atoms. The third-order valence-corrected chi connectivity index (χ3v) is 6.38. The second kappa shape index (κ2) is 9.42. The highest BCUT2D eigenvalue weighted by molar-refractivity contribution is 7.99. The summed E-state index contributed by atoms with van der Waals surface area (Å²) in [5.41, 5.74) is 8.30. The zero-order valence-corrected chi connectivity index (χ0v) is 16.7. The number of aromatic nitrogens is 2. The van der Waals surface area contributed by atoms with Crippen molar-refractivity contribution in [2.45, 2.75) is 54.5 Å². The van der Waals surface area contributed by atoms with Crippen LogP contribution in [0.15, 0.2) is 40.5 Å². The standard InChI is InChI=1S/C20H25N3OS2/c1-25-20-22-16(12-14-8-4-2-5-9-14)17(18(21)24)19(23-20)26-13-15-10-6-3-7-11-15/h3,6-7,10-11,14H,2,4-5,8-9,12-13H2,1H3,(H2,21,24). The second-order valence-corrected chi connectivity index (χ2v) is 8.42. The van der Waals surface area contributed by atoms with Crippen molar-refractivity contribution in [3.63, 3.8) is 0 Å². The number of rotatable bonds is 7. The molecule has 1 aromatic carbocycles. The highest BCUT2D eigenvalue weighted by Crippen LogP contribution is 2.32. The molecule has 4 nitrogen and oxygen atoms in total. The molecule has 0 saturated heterocycles. The first-order valence-electron chi connectivity index (χ1n) is 9.08. The number of nitrogens with zero attached hydrogens (tertiary/aromatic N) is 2. The lowest BCUT2D eigenvalue weighted by atomic mass is 9.85. The van der Waals surface area contributed by atoms with Crippen molar-refractivity contribution in [1.29, 1.82) is 0 Å². The molecule has 0 radical (unpaired) electrons. The first kappa shape index (κ1) is 19.2. The van der Waals surface area contributed by atoms with Crippen LogP contribution in [-0.2, 0) is 12.2 Å². The maximum Gasteiger partial charge on any atom is 0.253 e. The van der Waals surface area contributed by atoms with Crippen LogP contribution >= 0.6 is 23.5 Å². The second-order valence-electron chi connectivity index (χ2n) is 6.68.